The van der Waals surface area contributed by atoms with Crippen LogP contribution in [0.2, 0.25) is 0 Å². The lowest BCUT2D eigenvalue weighted by Gasteiger charge is -2.03. The topological polar surface area (TPSA) is 85.8 Å². The highest BCUT2D eigenvalue weighted by Crippen LogP contribution is 2.20. The summed E-state index contributed by atoms with van der Waals surface area (Å²) >= 11 is 0. The molecule has 3 aromatic heterocycles. The van der Waals surface area contributed by atoms with Crippen LogP contribution in [-0.4, -0.2) is 25.8 Å². The summed E-state index contributed by atoms with van der Waals surface area (Å²) in [6.45, 7) is 0.354. The average molecular weight is 359 g/mol. The predicted molar refractivity (Wildman–Crippen MR) is 99.5 cm³/mol. The molecule has 7 heteroatoms. The van der Waals surface area contributed by atoms with Crippen LogP contribution < -0.4 is 5.32 Å². The van der Waals surface area contributed by atoms with Crippen molar-refractivity contribution in [3.8, 4) is 22.6 Å². The Morgan fingerprint density at radius 1 is 1.11 bits per heavy atom. The number of hydrogen-bond donors (Lipinski definition) is 1. The zero-order chi connectivity index (χ0) is 18.6. The van der Waals surface area contributed by atoms with Crippen LogP contribution in [0, 0.1) is 0 Å². The van der Waals surface area contributed by atoms with E-state index < -0.39 is 0 Å². The molecular formula is C20H17N5O2. The van der Waals surface area contributed by atoms with Crippen LogP contribution in [0.15, 0.2) is 71.6 Å². The minimum atomic E-state index is -0.294. The van der Waals surface area contributed by atoms with Crippen LogP contribution in [0.5, 0.6) is 0 Å². The molecule has 7 nitrogen and oxygen atoms in total. The molecule has 4 aromatic rings. The van der Waals surface area contributed by atoms with E-state index in [1.54, 1.807) is 23.1 Å². The third-order valence-corrected chi connectivity index (χ3v) is 4.08. The van der Waals surface area contributed by atoms with E-state index in [4.69, 9.17) is 4.52 Å². The van der Waals surface area contributed by atoms with E-state index in [1.807, 2.05) is 55.7 Å². The van der Waals surface area contributed by atoms with Crippen LogP contribution in [0.1, 0.15) is 16.1 Å². The standard InChI is InChI=1S/C20H17N5O2/c1-25-13-16(12-23-25)17-8-7-14(10-21-17)11-22-20(26)18-9-19(27-24-18)15-5-3-2-4-6-15/h2-10,12-13H,11H2,1H3,(H,22,26). The van der Waals surface area contributed by atoms with E-state index in [-0.39, 0.29) is 11.6 Å². The molecule has 0 aliphatic heterocycles. The Morgan fingerprint density at radius 2 is 1.96 bits per heavy atom. The van der Waals surface area contributed by atoms with Crippen LogP contribution >= 0.6 is 0 Å². The first kappa shape index (κ1) is 16.7. The molecule has 0 saturated heterocycles. The first-order valence-electron chi connectivity index (χ1n) is 8.43. The quantitative estimate of drug-likeness (QED) is 0.592. The molecule has 0 unspecified atom stereocenters. The second-order valence-electron chi connectivity index (χ2n) is 6.08. The van der Waals surface area contributed by atoms with Crippen molar-refractivity contribution in [1.82, 2.24) is 25.2 Å². The number of rotatable bonds is 5. The van der Waals surface area contributed by atoms with Crippen molar-refractivity contribution >= 4 is 5.91 Å². The fourth-order valence-electron chi connectivity index (χ4n) is 2.65. The van der Waals surface area contributed by atoms with Crippen LogP contribution in [0.3, 0.4) is 0 Å². The molecule has 0 saturated carbocycles. The number of aryl methyl sites for hydroxylation is 1. The Morgan fingerprint density at radius 3 is 2.67 bits per heavy atom. The first-order chi connectivity index (χ1) is 13.2. The summed E-state index contributed by atoms with van der Waals surface area (Å²) in [5.74, 6) is 0.264. The van der Waals surface area contributed by atoms with Gasteiger partial charge < -0.3 is 9.84 Å². The highest BCUT2D eigenvalue weighted by molar-refractivity contribution is 5.93. The molecule has 0 radical (unpaired) electrons. The largest absolute Gasteiger partial charge is 0.355 e. The zero-order valence-electron chi connectivity index (χ0n) is 14.7. The fraction of sp³-hybridized carbons (Fsp3) is 0.100. The number of pyridine rings is 1. The lowest BCUT2D eigenvalue weighted by molar-refractivity contribution is 0.0942. The molecule has 1 amide bonds. The number of carbonyl (C=O) groups is 1. The second kappa shape index (κ2) is 7.25. The third kappa shape index (κ3) is 3.77. The van der Waals surface area contributed by atoms with Gasteiger partial charge in [0.05, 0.1) is 11.9 Å². The summed E-state index contributed by atoms with van der Waals surface area (Å²) in [6.07, 6.45) is 5.40. The van der Waals surface area contributed by atoms with Crippen LogP contribution in [0.4, 0.5) is 0 Å². The van der Waals surface area contributed by atoms with Gasteiger partial charge in [-0.05, 0) is 11.6 Å². The molecule has 0 aliphatic rings. The summed E-state index contributed by atoms with van der Waals surface area (Å²) in [4.78, 5) is 16.7. The van der Waals surface area contributed by atoms with Gasteiger partial charge in [-0.3, -0.25) is 14.5 Å². The van der Waals surface area contributed by atoms with E-state index in [0.29, 0.717) is 12.3 Å². The maximum absolute atomic E-state index is 12.3. The minimum absolute atomic E-state index is 0.244. The van der Waals surface area contributed by atoms with Gasteiger partial charge in [-0.1, -0.05) is 41.6 Å². The smallest absolute Gasteiger partial charge is 0.273 e. The van der Waals surface area contributed by atoms with Gasteiger partial charge in [-0.2, -0.15) is 5.10 Å². The van der Waals surface area contributed by atoms with Gasteiger partial charge in [0.15, 0.2) is 11.5 Å². The summed E-state index contributed by atoms with van der Waals surface area (Å²) in [5.41, 5.74) is 3.79. The molecule has 1 aromatic carbocycles. The summed E-state index contributed by atoms with van der Waals surface area (Å²) in [7, 11) is 1.86. The Labute approximate surface area is 155 Å². The monoisotopic (exact) mass is 359 g/mol. The fourth-order valence-corrected chi connectivity index (χ4v) is 2.65. The van der Waals surface area contributed by atoms with Crippen LogP contribution in [-0.2, 0) is 13.6 Å². The summed E-state index contributed by atoms with van der Waals surface area (Å²) in [6, 6.07) is 15.0. The Hall–Kier alpha value is -3.74. The van der Waals surface area contributed by atoms with Gasteiger partial charge in [-0.15, -0.1) is 0 Å². The lowest BCUT2D eigenvalue weighted by atomic mass is 10.1. The van der Waals surface area contributed by atoms with Crippen molar-refractivity contribution in [2.75, 3.05) is 0 Å². The van der Waals surface area contributed by atoms with Crippen molar-refractivity contribution in [2.45, 2.75) is 6.54 Å². The number of amides is 1. The highest BCUT2D eigenvalue weighted by atomic mass is 16.5. The van der Waals surface area contributed by atoms with Gasteiger partial charge >= 0.3 is 0 Å². The van der Waals surface area contributed by atoms with Crippen LogP contribution in [0.25, 0.3) is 22.6 Å². The SMILES string of the molecule is Cn1cc(-c2ccc(CNC(=O)c3cc(-c4ccccc4)on3)cn2)cn1. The first-order valence-corrected chi connectivity index (χ1v) is 8.43. The maximum atomic E-state index is 12.3. The van der Waals surface area contributed by atoms with E-state index in [2.05, 4.69) is 20.6 Å². The van der Waals surface area contributed by atoms with Gasteiger partial charge in [0.2, 0.25) is 0 Å². The van der Waals surface area contributed by atoms with E-state index in [9.17, 15) is 4.79 Å². The van der Waals surface area contributed by atoms with E-state index in [1.165, 1.54) is 0 Å². The van der Waals surface area contributed by atoms with Crippen molar-refractivity contribution in [3.05, 3.63) is 78.4 Å². The van der Waals surface area contributed by atoms with Crippen molar-refractivity contribution in [1.29, 1.82) is 0 Å². The number of nitrogens with zero attached hydrogens (tertiary/aromatic N) is 4. The van der Waals surface area contributed by atoms with Crippen molar-refractivity contribution in [3.63, 3.8) is 0 Å². The van der Waals surface area contributed by atoms with Gasteiger partial charge in [0, 0.05) is 43.2 Å². The normalized spacial score (nSPS) is 10.7. The number of benzene rings is 1. The minimum Gasteiger partial charge on any atom is -0.355 e. The predicted octanol–water partition coefficient (Wildman–Crippen LogP) is 3.07. The average Bonchev–Trinajstić information content (AvgIpc) is 3.37. The number of hydrogen-bond acceptors (Lipinski definition) is 5. The molecule has 0 bridgehead atoms. The molecule has 3 heterocycles. The molecule has 0 fully saturated rings. The molecule has 1 N–H and O–H groups in total. The zero-order valence-corrected chi connectivity index (χ0v) is 14.7. The van der Waals surface area contributed by atoms with Gasteiger partial charge in [-0.25, -0.2) is 0 Å². The highest BCUT2D eigenvalue weighted by Gasteiger charge is 2.13. The molecule has 0 aliphatic carbocycles. The number of nitrogens with one attached hydrogen (secondary N) is 1. The van der Waals surface area contributed by atoms with Gasteiger partial charge in [0.25, 0.3) is 5.91 Å². The maximum Gasteiger partial charge on any atom is 0.273 e. The Bertz CT molecular complexity index is 1050. The molecule has 0 spiro atoms. The van der Waals surface area contributed by atoms with E-state index >= 15 is 0 Å². The number of carbonyl (C=O) groups excluding carboxylic acids is 1. The molecular weight excluding hydrogens is 342 g/mol. The molecule has 4 rings (SSSR count). The Balaban J connectivity index is 1.39. The Kier molecular flexibility index (Phi) is 4.49. The third-order valence-electron chi connectivity index (χ3n) is 4.08. The summed E-state index contributed by atoms with van der Waals surface area (Å²) in [5, 5.41) is 10.8. The number of aromatic nitrogens is 4. The lowest BCUT2D eigenvalue weighted by Crippen LogP contribution is -2.23. The molecule has 134 valence electrons. The summed E-state index contributed by atoms with van der Waals surface area (Å²) < 4.78 is 6.99. The molecule has 0 atom stereocenters. The molecule has 27 heavy (non-hydrogen) atoms. The van der Waals surface area contributed by atoms with Crippen molar-refractivity contribution in [2.24, 2.45) is 7.05 Å². The second-order valence-corrected chi connectivity index (χ2v) is 6.08. The van der Waals surface area contributed by atoms with Crippen molar-refractivity contribution < 1.29 is 9.32 Å². The van der Waals surface area contributed by atoms with Gasteiger partial charge in [0.1, 0.15) is 0 Å². The van der Waals surface area contributed by atoms with E-state index in [0.717, 1.165) is 22.4 Å².